The predicted octanol–water partition coefficient (Wildman–Crippen LogP) is 5.63. The quantitative estimate of drug-likeness (QED) is 0.282. The minimum atomic E-state index is -1.14. The van der Waals surface area contributed by atoms with E-state index in [2.05, 4.69) is 34.7 Å². The van der Waals surface area contributed by atoms with Gasteiger partial charge in [-0.3, -0.25) is 0 Å². The number of aromatic nitrogens is 4. The number of nitrogens with zero attached hydrogens (tertiary/aromatic N) is 4. The van der Waals surface area contributed by atoms with Gasteiger partial charge in [-0.25, -0.2) is 14.6 Å². The lowest BCUT2D eigenvalue weighted by Gasteiger charge is -2.16. The molecular formula is C19H22Cl2N4OSi. The van der Waals surface area contributed by atoms with Gasteiger partial charge in [-0.1, -0.05) is 61.6 Å². The number of hydrogen-bond acceptors (Lipinski definition) is 4. The molecule has 3 rings (SSSR count). The molecule has 0 spiro atoms. The molecule has 3 aromatic rings. The van der Waals surface area contributed by atoms with Gasteiger partial charge in [0.1, 0.15) is 18.1 Å². The second kappa shape index (κ2) is 8.52. The van der Waals surface area contributed by atoms with E-state index in [1.165, 1.54) is 6.20 Å². The zero-order valence-electron chi connectivity index (χ0n) is 15.6. The topological polar surface area (TPSA) is 52.8 Å². The third kappa shape index (κ3) is 5.39. The Morgan fingerprint density at radius 3 is 2.56 bits per heavy atom. The summed E-state index contributed by atoms with van der Waals surface area (Å²) in [6.07, 6.45) is 1.48. The van der Waals surface area contributed by atoms with Crippen LogP contribution in [-0.2, 0) is 11.5 Å². The normalized spacial score (nSPS) is 11.7. The molecule has 0 bridgehead atoms. The third-order valence-electron chi connectivity index (χ3n) is 4.02. The van der Waals surface area contributed by atoms with Crippen LogP contribution in [0.4, 0.5) is 0 Å². The van der Waals surface area contributed by atoms with Gasteiger partial charge in [0.25, 0.3) is 0 Å². The highest BCUT2D eigenvalue weighted by atomic mass is 35.5. The second-order valence-corrected chi connectivity index (χ2v) is 13.8. The van der Waals surface area contributed by atoms with Gasteiger partial charge in [0.15, 0.2) is 0 Å². The van der Waals surface area contributed by atoms with Crippen LogP contribution in [0.15, 0.2) is 42.6 Å². The molecule has 1 aromatic carbocycles. The summed E-state index contributed by atoms with van der Waals surface area (Å²) in [7, 11) is -1.14. The van der Waals surface area contributed by atoms with Crippen LogP contribution in [0.25, 0.3) is 22.6 Å². The number of ether oxygens (including phenoxy) is 1. The Balaban J connectivity index is 1.91. The maximum atomic E-state index is 6.26. The van der Waals surface area contributed by atoms with E-state index in [4.69, 9.17) is 27.9 Å². The van der Waals surface area contributed by atoms with E-state index in [9.17, 15) is 0 Å². The number of halogens is 2. The molecule has 2 heterocycles. The Hall–Kier alpha value is -1.73. The second-order valence-electron chi connectivity index (χ2n) is 7.46. The summed E-state index contributed by atoms with van der Waals surface area (Å²) in [5.74, 6) is 0. The smallest absolute Gasteiger partial charge is 0.223 e. The minimum absolute atomic E-state index is 0.136. The van der Waals surface area contributed by atoms with Gasteiger partial charge in [-0.05, 0) is 29.3 Å². The van der Waals surface area contributed by atoms with Crippen LogP contribution >= 0.6 is 23.2 Å². The molecule has 27 heavy (non-hydrogen) atoms. The molecule has 0 aliphatic carbocycles. The SMILES string of the molecule is C[Si](C)(C)CCOCn1nc(-c2nc(Cl)ncc2Cl)cc1-c1ccccc1. The molecule has 5 nitrogen and oxygen atoms in total. The van der Waals surface area contributed by atoms with Crippen LogP contribution in [0.3, 0.4) is 0 Å². The number of benzene rings is 1. The minimum Gasteiger partial charge on any atom is -0.360 e. The molecular weight excluding hydrogens is 399 g/mol. The van der Waals surface area contributed by atoms with Crippen molar-refractivity contribution in [3.8, 4) is 22.6 Å². The van der Waals surface area contributed by atoms with Crippen LogP contribution < -0.4 is 0 Å². The first-order chi connectivity index (χ1) is 12.8. The van der Waals surface area contributed by atoms with Gasteiger partial charge in [-0.15, -0.1) is 0 Å². The fourth-order valence-electron chi connectivity index (χ4n) is 2.53. The average molecular weight is 421 g/mol. The monoisotopic (exact) mass is 420 g/mol. The summed E-state index contributed by atoms with van der Waals surface area (Å²) in [6, 6.07) is 13.1. The van der Waals surface area contributed by atoms with Crippen LogP contribution in [0.5, 0.6) is 0 Å². The lowest BCUT2D eigenvalue weighted by molar-refractivity contribution is 0.0799. The first-order valence-corrected chi connectivity index (χ1v) is 13.2. The van der Waals surface area contributed by atoms with E-state index < -0.39 is 8.07 Å². The molecule has 8 heteroatoms. The summed E-state index contributed by atoms with van der Waals surface area (Å²) in [5, 5.41) is 5.20. The number of rotatable bonds is 7. The molecule has 0 atom stereocenters. The largest absolute Gasteiger partial charge is 0.360 e. The Kier molecular flexibility index (Phi) is 6.32. The molecule has 0 saturated carbocycles. The highest BCUT2D eigenvalue weighted by Gasteiger charge is 2.17. The Labute approximate surface area is 170 Å². The van der Waals surface area contributed by atoms with Crippen molar-refractivity contribution in [3.63, 3.8) is 0 Å². The summed E-state index contributed by atoms with van der Waals surface area (Å²) >= 11 is 12.2. The molecule has 0 amide bonds. The van der Waals surface area contributed by atoms with Gasteiger partial charge in [0.05, 0.1) is 16.9 Å². The maximum Gasteiger partial charge on any atom is 0.223 e. The summed E-state index contributed by atoms with van der Waals surface area (Å²) < 4.78 is 7.74. The first-order valence-electron chi connectivity index (χ1n) is 8.73. The van der Waals surface area contributed by atoms with Crippen molar-refractivity contribution in [1.29, 1.82) is 0 Å². The Morgan fingerprint density at radius 1 is 1.11 bits per heavy atom. The van der Waals surface area contributed by atoms with E-state index >= 15 is 0 Å². The molecule has 0 unspecified atom stereocenters. The van der Waals surface area contributed by atoms with Crippen molar-refractivity contribution >= 4 is 31.3 Å². The van der Waals surface area contributed by atoms with Crippen LogP contribution in [-0.4, -0.2) is 34.4 Å². The highest BCUT2D eigenvalue weighted by molar-refractivity contribution is 6.76. The van der Waals surface area contributed by atoms with Gasteiger partial charge >= 0.3 is 0 Å². The molecule has 2 aromatic heterocycles. The fraction of sp³-hybridized carbons (Fsp3) is 0.316. The third-order valence-corrected chi connectivity index (χ3v) is 6.18. The summed E-state index contributed by atoms with van der Waals surface area (Å²) in [6.45, 7) is 8.08. The standard InChI is InChI=1S/C19H22Cl2N4OSi/c1-27(2,3)10-9-26-13-25-17(14-7-5-4-6-8-14)11-16(24-25)18-15(20)12-22-19(21)23-18/h4-8,11-12H,9-10,13H2,1-3H3. The molecule has 0 aliphatic rings. The molecule has 0 N–H and O–H groups in total. The zero-order valence-corrected chi connectivity index (χ0v) is 18.1. The molecule has 0 aliphatic heterocycles. The van der Waals surface area contributed by atoms with Crippen molar-refractivity contribution in [1.82, 2.24) is 19.7 Å². The van der Waals surface area contributed by atoms with Crippen molar-refractivity contribution in [3.05, 3.63) is 52.9 Å². The van der Waals surface area contributed by atoms with E-state index in [1.807, 2.05) is 41.1 Å². The van der Waals surface area contributed by atoms with Crippen molar-refractivity contribution in [2.24, 2.45) is 0 Å². The molecule has 0 saturated heterocycles. The molecule has 142 valence electrons. The zero-order chi connectivity index (χ0) is 19.4. The van der Waals surface area contributed by atoms with E-state index in [0.29, 0.717) is 23.1 Å². The highest BCUT2D eigenvalue weighted by Crippen LogP contribution is 2.29. The van der Waals surface area contributed by atoms with E-state index in [0.717, 1.165) is 23.9 Å². The lowest BCUT2D eigenvalue weighted by Crippen LogP contribution is -2.22. The van der Waals surface area contributed by atoms with Crippen molar-refractivity contribution in [2.45, 2.75) is 32.4 Å². The van der Waals surface area contributed by atoms with Crippen molar-refractivity contribution < 1.29 is 4.74 Å². The molecule has 0 radical (unpaired) electrons. The van der Waals surface area contributed by atoms with Crippen LogP contribution in [0.1, 0.15) is 0 Å². The maximum absolute atomic E-state index is 6.26. The van der Waals surface area contributed by atoms with Gasteiger partial charge in [0, 0.05) is 14.7 Å². The average Bonchev–Trinajstić information content (AvgIpc) is 3.05. The molecule has 0 fully saturated rings. The van der Waals surface area contributed by atoms with Crippen molar-refractivity contribution in [2.75, 3.05) is 6.61 Å². The first kappa shape index (κ1) is 20.0. The van der Waals surface area contributed by atoms with E-state index in [-0.39, 0.29) is 5.28 Å². The van der Waals surface area contributed by atoms with E-state index in [1.54, 1.807) is 0 Å². The lowest BCUT2D eigenvalue weighted by atomic mass is 10.1. The Morgan fingerprint density at radius 2 is 1.85 bits per heavy atom. The predicted molar refractivity (Wildman–Crippen MR) is 113 cm³/mol. The summed E-state index contributed by atoms with van der Waals surface area (Å²) in [5.41, 5.74) is 3.12. The fourth-order valence-corrected chi connectivity index (χ4v) is 3.60. The number of hydrogen-bond donors (Lipinski definition) is 0. The van der Waals surface area contributed by atoms with Gasteiger partial charge in [0.2, 0.25) is 5.28 Å². The van der Waals surface area contributed by atoms with Gasteiger partial charge < -0.3 is 4.74 Å². The van der Waals surface area contributed by atoms with Gasteiger partial charge in [-0.2, -0.15) is 5.10 Å². The Bertz CT molecular complexity index is 910. The summed E-state index contributed by atoms with van der Waals surface area (Å²) in [4.78, 5) is 8.13. The van der Waals surface area contributed by atoms with Crippen LogP contribution in [0.2, 0.25) is 36.0 Å². The van der Waals surface area contributed by atoms with Crippen LogP contribution in [0, 0.1) is 0 Å².